The van der Waals surface area contributed by atoms with Crippen molar-refractivity contribution in [2.45, 2.75) is 62.9 Å². The average molecular weight is 541 g/mol. The summed E-state index contributed by atoms with van der Waals surface area (Å²) in [6, 6.07) is 25.8. The Hall–Kier alpha value is -4.13. The molecule has 7 heteroatoms. The summed E-state index contributed by atoms with van der Waals surface area (Å²) in [6.07, 6.45) is 4.67. The Morgan fingerprint density at radius 1 is 0.850 bits per heavy atom. The summed E-state index contributed by atoms with van der Waals surface area (Å²) in [5.74, 6) is -1.30. The molecule has 40 heavy (non-hydrogen) atoms. The van der Waals surface area contributed by atoms with Crippen LogP contribution in [0.4, 0.5) is 4.79 Å². The Morgan fingerprint density at radius 2 is 1.45 bits per heavy atom. The third-order valence-corrected chi connectivity index (χ3v) is 8.23. The van der Waals surface area contributed by atoms with E-state index in [1.54, 1.807) is 0 Å². The van der Waals surface area contributed by atoms with Crippen LogP contribution in [-0.4, -0.2) is 46.7 Å². The van der Waals surface area contributed by atoms with Crippen molar-refractivity contribution in [2.75, 3.05) is 13.2 Å². The highest BCUT2D eigenvalue weighted by molar-refractivity contribution is 5.82. The molecular weight excluding hydrogens is 504 g/mol. The zero-order valence-corrected chi connectivity index (χ0v) is 22.7. The van der Waals surface area contributed by atoms with E-state index in [0.29, 0.717) is 6.42 Å². The van der Waals surface area contributed by atoms with Gasteiger partial charge in [-0.1, -0.05) is 98.1 Å². The van der Waals surface area contributed by atoms with Crippen LogP contribution in [0.1, 0.15) is 67.6 Å². The smallest absolute Gasteiger partial charge is 0.407 e. The van der Waals surface area contributed by atoms with Gasteiger partial charge < -0.3 is 20.1 Å². The molecule has 5 rings (SSSR count). The average Bonchev–Trinajstić information content (AvgIpc) is 3.29. The number of ether oxygens (including phenoxy) is 1. The van der Waals surface area contributed by atoms with Gasteiger partial charge in [-0.2, -0.15) is 0 Å². The molecule has 2 amide bonds. The monoisotopic (exact) mass is 540 g/mol. The Bertz CT molecular complexity index is 1300. The fourth-order valence-electron chi connectivity index (χ4n) is 6.22. The van der Waals surface area contributed by atoms with Crippen LogP contribution < -0.4 is 5.32 Å². The van der Waals surface area contributed by atoms with E-state index in [9.17, 15) is 19.5 Å². The molecule has 2 N–H and O–H groups in total. The van der Waals surface area contributed by atoms with Crippen molar-refractivity contribution in [2.24, 2.45) is 0 Å². The number of hydrogen-bond donors (Lipinski definition) is 2. The molecule has 0 radical (unpaired) electrons. The van der Waals surface area contributed by atoms with Crippen molar-refractivity contribution in [1.82, 2.24) is 10.2 Å². The number of carboxylic acids is 1. The second-order valence-electron chi connectivity index (χ2n) is 10.9. The lowest BCUT2D eigenvalue weighted by Gasteiger charge is -2.38. The van der Waals surface area contributed by atoms with Crippen LogP contribution in [0.25, 0.3) is 11.1 Å². The number of carbonyl (C=O) groups is 3. The first-order valence-electron chi connectivity index (χ1n) is 14.1. The second-order valence-corrected chi connectivity index (χ2v) is 10.9. The van der Waals surface area contributed by atoms with Crippen LogP contribution in [0.2, 0.25) is 0 Å². The number of alkyl carbamates (subject to hydrolysis) is 1. The molecule has 0 unspecified atom stereocenters. The van der Waals surface area contributed by atoms with Crippen LogP contribution in [0, 0.1) is 0 Å². The quantitative estimate of drug-likeness (QED) is 0.323. The molecule has 0 aliphatic heterocycles. The normalized spacial score (nSPS) is 15.5. The minimum Gasteiger partial charge on any atom is -0.480 e. The van der Waals surface area contributed by atoms with E-state index in [4.69, 9.17) is 4.74 Å². The number of aliphatic carboxylic acids is 1. The van der Waals surface area contributed by atoms with E-state index < -0.39 is 17.6 Å². The molecular formula is C33H36N2O5. The number of hydrogen-bond acceptors (Lipinski definition) is 4. The van der Waals surface area contributed by atoms with E-state index in [0.717, 1.165) is 48.8 Å². The molecule has 208 valence electrons. The van der Waals surface area contributed by atoms with Crippen molar-refractivity contribution >= 4 is 18.0 Å². The lowest BCUT2D eigenvalue weighted by Crippen LogP contribution is -2.51. The van der Waals surface area contributed by atoms with Crippen molar-refractivity contribution in [3.05, 3.63) is 95.6 Å². The van der Waals surface area contributed by atoms with Gasteiger partial charge in [0.25, 0.3) is 0 Å². The molecule has 1 fully saturated rings. The maximum atomic E-state index is 13.2. The minimum atomic E-state index is -1.05. The van der Waals surface area contributed by atoms with Gasteiger partial charge >= 0.3 is 12.1 Å². The lowest BCUT2D eigenvalue weighted by molar-refractivity contribution is -0.145. The first-order valence-corrected chi connectivity index (χ1v) is 14.1. The molecule has 3 aromatic carbocycles. The third kappa shape index (κ3) is 6.36. The van der Waals surface area contributed by atoms with Crippen molar-refractivity contribution in [3.8, 4) is 11.1 Å². The molecule has 1 saturated carbocycles. The van der Waals surface area contributed by atoms with Crippen LogP contribution in [0.5, 0.6) is 0 Å². The Balaban J connectivity index is 1.23. The number of fused-ring (bicyclic) bond motifs is 3. The SMILES string of the molecule is O=C(O)CN(Cc1ccccc1)C(=O)CCC1(NC(=O)OCC2c3ccccc3-c3ccccc32)CCCCC1. The van der Waals surface area contributed by atoms with E-state index in [2.05, 4.69) is 29.6 Å². The van der Waals surface area contributed by atoms with E-state index >= 15 is 0 Å². The number of nitrogens with zero attached hydrogens (tertiary/aromatic N) is 1. The largest absolute Gasteiger partial charge is 0.480 e. The maximum Gasteiger partial charge on any atom is 0.407 e. The first kappa shape index (κ1) is 27.4. The number of carboxylic acid groups (broad SMARTS) is 1. The number of benzene rings is 3. The summed E-state index contributed by atoms with van der Waals surface area (Å²) in [5, 5.41) is 12.5. The van der Waals surface area contributed by atoms with E-state index in [1.165, 1.54) is 16.0 Å². The predicted molar refractivity (Wildman–Crippen MR) is 153 cm³/mol. The molecule has 3 aromatic rings. The topological polar surface area (TPSA) is 95.9 Å². The first-order chi connectivity index (χ1) is 19.4. The molecule has 0 heterocycles. The molecule has 2 aliphatic carbocycles. The zero-order chi connectivity index (χ0) is 28.0. The number of carbonyl (C=O) groups excluding carboxylic acids is 2. The van der Waals surface area contributed by atoms with Gasteiger partial charge in [0.15, 0.2) is 0 Å². The van der Waals surface area contributed by atoms with Crippen LogP contribution in [-0.2, 0) is 20.9 Å². The molecule has 0 saturated heterocycles. The molecule has 7 nitrogen and oxygen atoms in total. The highest BCUT2D eigenvalue weighted by atomic mass is 16.5. The molecule has 0 spiro atoms. The fourth-order valence-corrected chi connectivity index (χ4v) is 6.22. The lowest BCUT2D eigenvalue weighted by atomic mass is 9.78. The van der Waals surface area contributed by atoms with Crippen LogP contribution in [0.3, 0.4) is 0 Å². The Kier molecular flexibility index (Phi) is 8.48. The summed E-state index contributed by atoms with van der Waals surface area (Å²) >= 11 is 0. The number of amides is 2. The molecule has 0 aromatic heterocycles. The minimum absolute atomic E-state index is 0.0235. The van der Waals surface area contributed by atoms with Gasteiger partial charge in [-0.3, -0.25) is 9.59 Å². The second kappa shape index (κ2) is 12.4. The third-order valence-electron chi connectivity index (χ3n) is 8.23. The summed E-state index contributed by atoms with van der Waals surface area (Å²) in [7, 11) is 0. The summed E-state index contributed by atoms with van der Waals surface area (Å²) in [6.45, 7) is 0.109. The van der Waals surface area contributed by atoms with Crippen molar-refractivity contribution in [3.63, 3.8) is 0 Å². The van der Waals surface area contributed by atoms with Crippen molar-refractivity contribution < 1.29 is 24.2 Å². The summed E-state index contributed by atoms with van der Waals surface area (Å²) < 4.78 is 5.83. The van der Waals surface area contributed by atoms with E-state index in [-0.39, 0.29) is 37.9 Å². The number of rotatable bonds is 10. The summed E-state index contributed by atoms with van der Waals surface area (Å²) in [4.78, 5) is 39.2. The predicted octanol–water partition coefficient (Wildman–Crippen LogP) is 6.12. The molecule has 0 atom stereocenters. The van der Waals surface area contributed by atoms with Gasteiger partial charge in [0, 0.05) is 24.4 Å². The van der Waals surface area contributed by atoms with Gasteiger partial charge in [-0.15, -0.1) is 0 Å². The van der Waals surface area contributed by atoms with Gasteiger partial charge in [-0.05, 0) is 47.1 Å². The highest BCUT2D eigenvalue weighted by Gasteiger charge is 2.36. The van der Waals surface area contributed by atoms with Crippen LogP contribution in [0.15, 0.2) is 78.9 Å². The molecule has 0 bridgehead atoms. The number of nitrogens with one attached hydrogen (secondary N) is 1. The Labute approximate surface area is 235 Å². The van der Waals surface area contributed by atoms with Crippen LogP contribution >= 0.6 is 0 Å². The van der Waals surface area contributed by atoms with E-state index in [1.807, 2.05) is 54.6 Å². The zero-order valence-electron chi connectivity index (χ0n) is 22.7. The van der Waals surface area contributed by atoms with Crippen molar-refractivity contribution in [1.29, 1.82) is 0 Å². The van der Waals surface area contributed by atoms with Gasteiger partial charge in [0.05, 0.1) is 0 Å². The highest BCUT2D eigenvalue weighted by Crippen LogP contribution is 2.44. The maximum absolute atomic E-state index is 13.2. The van der Waals surface area contributed by atoms with Gasteiger partial charge in [0.1, 0.15) is 13.2 Å². The van der Waals surface area contributed by atoms with Gasteiger partial charge in [-0.25, -0.2) is 4.79 Å². The fraction of sp³-hybridized carbons (Fsp3) is 0.364. The Morgan fingerprint density at radius 3 is 2.08 bits per heavy atom. The van der Waals surface area contributed by atoms with Gasteiger partial charge in [0.2, 0.25) is 5.91 Å². The standard InChI is InChI=1S/C33H36N2O5/c36-30(35(22-31(37)38)21-24-11-3-1-4-12-24)17-20-33(18-9-2-10-19-33)34-32(39)40-23-29-27-15-7-5-13-25(27)26-14-6-8-16-28(26)29/h1,3-8,11-16,29H,2,9-10,17-23H2,(H,34,39)(H,37,38). The molecule has 2 aliphatic rings. The summed E-state index contributed by atoms with van der Waals surface area (Å²) in [5.41, 5.74) is 5.00.